The second-order valence-electron chi connectivity index (χ2n) is 5.82. The van der Waals surface area contributed by atoms with Crippen molar-refractivity contribution in [3.63, 3.8) is 0 Å². The van der Waals surface area contributed by atoms with E-state index >= 15 is 0 Å². The number of carbonyl (C=O) groups is 1. The van der Waals surface area contributed by atoms with Gasteiger partial charge >= 0.3 is 0 Å². The maximum atomic E-state index is 12.4. The largest absolute Gasteiger partial charge is 0.340 e. The molecule has 0 aromatic rings. The number of amides is 1. The molecular weight excluding hydrogens is 214 g/mol. The van der Waals surface area contributed by atoms with Crippen LogP contribution in [0.25, 0.3) is 0 Å². The first-order valence-electron chi connectivity index (χ1n) is 6.99. The van der Waals surface area contributed by atoms with Gasteiger partial charge in [0.25, 0.3) is 0 Å². The second kappa shape index (κ2) is 4.58. The van der Waals surface area contributed by atoms with Crippen LogP contribution in [0, 0.1) is 11.8 Å². The van der Waals surface area contributed by atoms with Crippen LogP contribution in [0.15, 0.2) is 0 Å². The highest BCUT2D eigenvalue weighted by Crippen LogP contribution is 2.24. The standard InChI is InChI=1S/C13H23N3O/c1-10(11-7-14-8-11)13(17)16-6-5-15-4-2-3-12(15)9-16/h10-12,14H,2-9H2,1H3. The molecule has 0 aromatic carbocycles. The Morgan fingerprint density at radius 2 is 2.12 bits per heavy atom. The van der Waals surface area contributed by atoms with Crippen LogP contribution in [0.5, 0.6) is 0 Å². The number of nitrogens with zero attached hydrogens (tertiary/aromatic N) is 2. The summed E-state index contributed by atoms with van der Waals surface area (Å²) < 4.78 is 0. The van der Waals surface area contributed by atoms with E-state index in [1.54, 1.807) is 0 Å². The lowest BCUT2D eigenvalue weighted by Gasteiger charge is -2.41. The van der Waals surface area contributed by atoms with Crippen molar-refractivity contribution in [1.29, 1.82) is 0 Å². The lowest BCUT2D eigenvalue weighted by Crippen LogP contribution is -2.56. The molecule has 0 spiro atoms. The summed E-state index contributed by atoms with van der Waals surface area (Å²) in [6.07, 6.45) is 2.60. The minimum Gasteiger partial charge on any atom is -0.340 e. The summed E-state index contributed by atoms with van der Waals surface area (Å²) in [5, 5.41) is 3.26. The van der Waals surface area contributed by atoms with Gasteiger partial charge < -0.3 is 10.2 Å². The Kier molecular flexibility index (Phi) is 3.09. The van der Waals surface area contributed by atoms with E-state index in [1.807, 2.05) is 0 Å². The predicted molar refractivity (Wildman–Crippen MR) is 66.7 cm³/mol. The van der Waals surface area contributed by atoms with Crippen LogP contribution in [0.1, 0.15) is 19.8 Å². The van der Waals surface area contributed by atoms with Gasteiger partial charge in [-0.25, -0.2) is 0 Å². The first-order chi connectivity index (χ1) is 8.25. The molecule has 4 heteroatoms. The fourth-order valence-electron chi connectivity index (χ4n) is 3.35. The highest BCUT2D eigenvalue weighted by molar-refractivity contribution is 5.79. The summed E-state index contributed by atoms with van der Waals surface area (Å²) in [7, 11) is 0. The van der Waals surface area contributed by atoms with Gasteiger partial charge in [0.15, 0.2) is 0 Å². The highest BCUT2D eigenvalue weighted by Gasteiger charge is 2.36. The van der Waals surface area contributed by atoms with E-state index in [-0.39, 0.29) is 5.92 Å². The number of carbonyl (C=O) groups excluding carboxylic acids is 1. The van der Waals surface area contributed by atoms with Crippen molar-refractivity contribution >= 4 is 5.91 Å². The van der Waals surface area contributed by atoms with Crippen LogP contribution in [0.4, 0.5) is 0 Å². The lowest BCUT2D eigenvalue weighted by atomic mass is 9.87. The number of nitrogens with one attached hydrogen (secondary N) is 1. The van der Waals surface area contributed by atoms with E-state index in [0.717, 1.165) is 32.7 Å². The van der Waals surface area contributed by atoms with Crippen molar-refractivity contribution in [2.45, 2.75) is 25.8 Å². The highest BCUT2D eigenvalue weighted by atomic mass is 16.2. The summed E-state index contributed by atoms with van der Waals surface area (Å²) in [5.41, 5.74) is 0. The number of piperazine rings is 1. The molecule has 17 heavy (non-hydrogen) atoms. The Bertz CT molecular complexity index is 303. The zero-order valence-electron chi connectivity index (χ0n) is 10.7. The summed E-state index contributed by atoms with van der Waals surface area (Å²) >= 11 is 0. The van der Waals surface area contributed by atoms with Gasteiger partial charge in [0.1, 0.15) is 0 Å². The average molecular weight is 237 g/mol. The molecule has 3 aliphatic heterocycles. The maximum absolute atomic E-state index is 12.4. The smallest absolute Gasteiger partial charge is 0.225 e. The van der Waals surface area contributed by atoms with Crippen molar-refractivity contribution in [3.8, 4) is 0 Å². The topological polar surface area (TPSA) is 35.6 Å². The van der Waals surface area contributed by atoms with Crippen molar-refractivity contribution in [3.05, 3.63) is 0 Å². The molecule has 3 saturated heterocycles. The average Bonchev–Trinajstić information content (AvgIpc) is 2.72. The van der Waals surface area contributed by atoms with E-state index in [2.05, 4.69) is 22.0 Å². The van der Waals surface area contributed by atoms with E-state index in [1.165, 1.54) is 19.4 Å². The van der Waals surface area contributed by atoms with E-state index in [9.17, 15) is 4.79 Å². The molecule has 4 nitrogen and oxygen atoms in total. The Morgan fingerprint density at radius 1 is 1.29 bits per heavy atom. The minimum atomic E-state index is 0.212. The molecule has 0 aliphatic carbocycles. The van der Waals surface area contributed by atoms with Crippen LogP contribution in [0.2, 0.25) is 0 Å². The summed E-state index contributed by atoms with van der Waals surface area (Å²) in [6, 6.07) is 0.652. The first kappa shape index (κ1) is 11.5. The number of rotatable bonds is 2. The Morgan fingerprint density at radius 3 is 2.82 bits per heavy atom. The molecule has 3 aliphatic rings. The van der Waals surface area contributed by atoms with Gasteiger partial charge in [0.05, 0.1) is 0 Å². The van der Waals surface area contributed by atoms with Gasteiger partial charge in [-0.05, 0) is 38.4 Å². The Labute approximate surface area is 103 Å². The molecule has 3 rings (SSSR count). The number of hydrogen-bond acceptors (Lipinski definition) is 3. The third-order valence-electron chi connectivity index (χ3n) is 4.81. The van der Waals surface area contributed by atoms with Gasteiger partial charge in [-0.1, -0.05) is 6.92 Å². The summed E-state index contributed by atoms with van der Waals surface area (Å²) in [4.78, 5) is 17.1. The Balaban J connectivity index is 1.58. The molecule has 1 N–H and O–H groups in total. The third kappa shape index (κ3) is 2.08. The van der Waals surface area contributed by atoms with E-state index in [0.29, 0.717) is 17.9 Å². The van der Waals surface area contributed by atoms with Crippen LogP contribution in [0.3, 0.4) is 0 Å². The van der Waals surface area contributed by atoms with Gasteiger partial charge in [-0.15, -0.1) is 0 Å². The molecule has 0 bridgehead atoms. The normalized spacial score (nSPS) is 32.1. The number of fused-ring (bicyclic) bond motifs is 1. The molecule has 2 unspecified atom stereocenters. The molecule has 2 atom stereocenters. The Hall–Kier alpha value is -0.610. The zero-order valence-corrected chi connectivity index (χ0v) is 10.7. The van der Waals surface area contributed by atoms with Crippen molar-refractivity contribution in [2.24, 2.45) is 11.8 Å². The number of hydrogen-bond donors (Lipinski definition) is 1. The molecule has 0 saturated carbocycles. The maximum Gasteiger partial charge on any atom is 0.225 e. The molecule has 1 amide bonds. The zero-order chi connectivity index (χ0) is 11.8. The SMILES string of the molecule is CC(C(=O)N1CCN2CCCC2C1)C1CNC1. The van der Waals surface area contributed by atoms with E-state index in [4.69, 9.17) is 0 Å². The summed E-state index contributed by atoms with van der Waals surface area (Å²) in [6.45, 7) is 8.41. The van der Waals surface area contributed by atoms with Gasteiger partial charge in [-0.2, -0.15) is 0 Å². The molecule has 0 radical (unpaired) electrons. The minimum absolute atomic E-state index is 0.212. The van der Waals surface area contributed by atoms with Crippen molar-refractivity contribution in [2.75, 3.05) is 39.3 Å². The monoisotopic (exact) mass is 237 g/mol. The fourth-order valence-corrected chi connectivity index (χ4v) is 3.35. The van der Waals surface area contributed by atoms with Crippen LogP contribution in [-0.2, 0) is 4.79 Å². The third-order valence-corrected chi connectivity index (χ3v) is 4.81. The van der Waals surface area contributed by atoms with E-state index < -0.39 is 0 Å². The first-order valence-corrected chi connectivity index (χ1v) is 6.99. The van der Waals surface area contributed by atoms with Crippen molar-refractivity contribution < 1.29 is 4.79 Å². The molecule has 3 heterocycles. The second-order valence-corrected chi connectivity index (χ2v) is 5.82. The predicted octanol–water partition coefficient (Wildman–Crippen LogP) is 0.149. The van der Waals surface area contributed by atoms with Gasteiger partial charge in [-0.3, -0.25) is 9.69 Å². The van der Waals surface area contributed by atoms with Crippen LogP contribution >= 0.6 is 0 Å². The van der Waals surface area contributed by atoms with Gasteiger partial charge in [0.2, 0.25) is 5.91 Å². The van der Waals surface area contributed by atoms with Crippen molar-refractivity contribution in [1.82, 2.24) is 15.1 Å². The molecule has 96 valence electrons. The lowest BCUT2D eigenvalue weighted by molar-refractivity contribution is -0.140. The molecular formula is C13H23N3O. The molecule has 3 fully saturated rings. The quantitative estimate of drug-likeness (QED) is 0.742. The van der Waals surface area contributed by atoms with Crippen LogP contribution in [-0.4, -0.2) is 61.0 Å². The van der Waals surface area contributed by atoms with Gasteiger partial charge in [0, 0.05) is 31.6 Å². The van der Waals surface area contributed by atoms with Crippen LogP contribution < -0.4 is 5.32 Å². The summed E-state index contributed by atoms with van der Waals surface area (Å²) in [5.74, 6) is 1.18. The molecule has 0 aromatic heterocycles. The fraction of sp³-hybridized carbons (Fsp3) is 0.923.